The minimum Gasteiger partial charge on any atom is -0.462 e. The molecule has 0 heterocycles. The molecule has 0 aromatic heterocycles. The summed E-state index contributed by atoms with van der Waals surface area (Å²) in [4.78, 5) is 34.8. The average molecular weight is 762 g/mol. The first-order valence-electron chi connectivity index (χ1n) is 20.1. The summed E-state index contributed by atoms with van der Waals surface area (Å²) in [6.45, 7) is 3.48. The Hall–Kier alpha value is -2.81. The molecule has 3 N–H and O–H groups in total. The van der Waals surface area contributed by atoms with E-state index in [1.165, 1.54) is 19.3 Å². The molecular formula is C43H72NO8P. The smallest absolute Gasteiger partial charge is 0.462 e. The highest BCUT2D eigenvalue weighted by Gasteiger charge is 2.25. The summed E-state index contributed by atoms with van der Waals surface area (Å²) >= 11 is 0. The van der Waals surface area contributed by atoms with Crippen LogP contribution in [0.4, 0.5) is 0 Å². The van der Waals surface area contributed by atoms with Crippen LogP contribution >= 0.6 is 7.82 Å². The lowest BCUT2D eigenvalue weighted by Gasteiger charge is -2.19. The molecule has 53 heavy (non-hydrogen) atoms. The van der Waals surface area contributed by atoms with Crippen molar-refractivity contribution in [3.8, 4) is 0 Å². The molecule has 0 aliphatic carbocycles. The number of hydrogen-bond donors (Lipinski definition) is 2. The van der Waals surface area contributed by atoms with E-state index in [1.54, 1.807) is 0 Å². The molecule has 1 unspecified atom stereocenters. The maximum atomic E-state index is 12.5. The summed E-state index contributed by atoms with van der Waals surface area (Å²) in [5.41, 5.74) is 5.33. The van der Waals surface area contributed by atoms with Crippen LogP contribution in [0, 0.1) is 0 Å². The molecule has 0 radical (unpaired) electrons. The Morgan fingerprint density at radius 3 is 1.57 bits per heavy atom. The van der Waals surface area contributed by atoms with Crippen molar-refractivity contribution >= 4 is 19.8 Å². The standard InChI is InChI=1S/C43H72NO8P/c1-3-5-7-9-11-13-15-17-19-20-22-24-26-28-30-32-34-36-43(46)52-41(40-51-53(47,48)50-38-37-44)39-49-42(45)35-33-31-29-27-25-23-21-18-16-14-12-10-8-6-4-2/h5,7,11-14,17-19,21-22,24-25,27,41H,3-4,6,8-10,15-16,20,23,26,28-40,44H2,1-2H3,(H,47,48)/t41-/m1/s1. The van der Waals surface area contributed by atoms with Gasteiger partial charge in [0.2, 0.25) is 0 Å². The highest BCUT2D eigenvalue weighted by Crippen LogP contribution is 2.43. The fourth-order valence-corrected chi connectivity index (χ4v) is 5.57. The monoisotopic (exact) mass is 761 g/mol. The van der Waals surface area contributed by atoms with Gasteiger partial charge in [0, 0.05) is 19.4 Å². The van der Waals surface area contributed by atoms with Gasteiger partial charge < -0.3 is 20.1 Å². The number of carbonyl (C=O) groups is 2. The average Bonchev–Trinajstić information content (AvgIpc) is 3.14. The quantitative estimate of drug-likeness (QED) is 0.0277. The molecular weight excluding hydrogens is 689 g/mol. The molecule has 2 atom stereocenters. The van der Waals surface area contributed by atoms with Gasteiger partial charge in [0.1, 0.15) is 6.61 Å². The highest BCUT2D eigenvalue weighted by atomic mass is 31.2. The number of carbonyl (C=O) groups excluding carboxylic acids is 2. The van der Waals surface area contributed by atoms with E-state index in [0.717, 1.165) is 83.5 Å². The molecule has 0 aliphatic heterocycles. The number of unbranched alkanes of at least 4 members (excludes halogenated alkanes) is 9. The number of nitrogens with two attached hydrogens (primary N) is 1. The zero-order chi connectivity index (χ0) is 38.9. The van der Waals surface area contributed by atoms with Gasteiger partial charge in [-0.1, -0.05) is 125 Å². The van der Waals surface area contributed by atoms with Gasteiger partial charge >= 0.3 is 19.8 Å². The predicted molar refractivity (Wildman–Crippen MR) is 219 cm³/mol. The first kappa shape index (κ1) is 50.2. The van der Waals surface area contributed by atoms with Crippen molar-refractivity contribution in [3.05, 3.63) is 85.1 Å². The molecule has 0 aromatic rings. The normalized spacial score (nSPS) is 14.3. The van der Waals surface area contributed by atoms with E-state index in [4.69, 9.17) is 24.3 Å². The molecule has 0 amide bonds. The van der Waals surface area contributed by atoms with Crippen LogP contribution in [-0.4, -0.2) is 49.3 Å². The summed E-state index contributed by atoms with van der Waals surface area (Å²) in [6, 6.07) is 0. The maximum absolute atomic E-state index is 12.5. The highest BCUT2D eigenvalue weighted by molar-refractivity contribution is 7.47. The number of ether oxygens (including phenoxy) is 2. The largest absolute Gasteiger partial charge is 0.472 e. The van der Waals surface area contributed by atoms with Crippen LogP contribution in [0.3, 0.4) is 0 Å². The molecule has 10 heteroatoms. The fourth-order valence-electron chi connectivity index (χ4n) is 4.81. The summed E-state index contributed by atoms with van der Waals surface area (Å²) in [5, 5.41) is 0. The van der Waals surface area contributed by atoms with Crippen LogP contribution in [0.5, 0.6) is 0 Å². The minimum atomic E-state index is -4.39. The van der Waals surface area contributed by atoms with Gasteiger partial charge in [-0.25, -0.2) is 4.57 Å². The lowest BCUT2D eigenvalue weighted by atomic mass is 10.1. The molecule has 0 bridgehead atoms. The second-order valence-corrected chi connectivity index (χ2v) is 14.2. The number of allylic oxidation sites excluding steroid dienone is 14. The van der Waals surface area contributed by atoms with Crippen molar-refractivity contribution in [1.29, 1.82) is 0 Å². The van der Waals surface area contributed by atoms with E-state index in [1.807, 2.05) is 0 Å². The molecule has 0 aliphatic rings. The zero-order valence-corrected chi connectivity index (χ0v) is 33.9. The summed E-state index contributed by atoms with van der Waals surface area (Å²) < 4.78 is 32.6. The van der Waals surface area contributed by atoms with Crippen molar-refractivity contribution in [2.75, 3.05) is 26.4 Å². The Morgan fingerprint density at radius 2 is 1.04 bits per heavy atom. The third-order valence-electron chi connectivity index (χ3n) is 7.77. The topological polar surface area (TPSA) is 134 Å². The van der Waals surface area contributed by atoms with E-state index < -0.39 is 32.5 Å². The fraction of sp³-hybridized carbons (Fsp3) is 0.628. The van der Waals surface area contributed by atoms with Crippen molar-refractivity contribution in [2.45, 2.75) is 148 Å². The molecule has 0 aromatic carbocycles. The summed E-state index contributed by atoms with van der Waals surface area (Å²) in [6.07, 6.45) is 47.6. The van der Waals surface area contributed by atoms with E-state index in [-0.39, 0.29) is 32.6 Å². The summed E-state index contributed by atoms with van der Waals surface area (Å²) in [5.74, 6) is -0.912. The maximum Gasteiger partial charge on any atom is 0.472 e. The van der Waals surface area contributed by atoms with E-state index in [9.17, 15) is 19.0 Å². The zero-order valence-electron chi connectivity index (χ0n) is 33.0. The number of phosphoric ester groups is 1. The van der Waals surface area contributed by atoms with Gasteiger partial charge in [-0.3, -0.25) is 18.6 Å². The molecule has 9 nitrogen and oxygen atoms in total. The molecule has 0 rings (SSSR count). The Morgan fingerprint density at radius 1 is 0.585 bits per heavy atom. The van der Waals surface area contributed by atoms with Crippen molar-refractivity contribution in [2.24, 2.45) is 5.73 Å². The molecule has 0 spiro atoms. The van der Waals surface area contributed by atoms with Gasteiger partial charge in [0.25, 0.3) is 0 Å². The van der Waals surface area contributed by atoms with Gasteiger partial charge in [0.05, 0.1) is 13.2 Å². The second-order valence-electron chi connectivity index (χ2n) is 12.8. The van der Waals surface area contributed by atoms with Crippen molar-refractivity contribution < 1.29 is 37.6 Å². The van der Waals surface area contributed by atoms with Crippen LogP contribution < -0.4 is 5.73 Å². The number of rotatable bonds is 36. The first-order chi connectivity index (χ1) is 25.8. The Kier molecular flexibility index (Phi) is 36.8. The van der Waals surface area contributed by atoms with Crippen molar-refractivity contribution in [1.82, 2.24) is 0 Å². The number of phosphoric acid groups is 1. The second kappa shape index (κ2) is 38.9. The van der Waals surface area contributed by atoms with Crippen molar-refractivity contribution in [3.63, 3.8) is 0 Å². The summed E-state index contributed by atoms with van der Waals surface area (Å²) in [7, 11) is -4.39. The van der Waals surface area contributed by atoms with Gasteiger partial charge in [-0.05, 0) is 89.9 Å². The Labute approximate surface area is 322 Å². The first-order valence-corrected chi connectivity index (χ1v) is 21.6. The molecule has 0 saturated heterocycles. The van der Waals surface area contributed by atoms with Crippen LogP contribution in [0.15, 0.2) is 85.1 Å². The van der Waals surface area contributed by atoms with Gasteiger partial charge in [-0.15, -0.1) is 0 Å². The van der Waals surface area contributed by atoms with Crippen LogP contribution in [0.1, 0.15) is 142 Å². The Balaban J connectivity index is 4.34. The molecule has 0 saturated carbocycles. The van der Waals surface area contributed by atoms with Gasteiger partial charge in [0.15, 0.2) is 6.10 Å². The van der Waals surface area contributed by atoms with E-state index >= 15 is 0 Å². The lowest BCUT2D eigenvalue weighted by molar-refractivity contribution is -0.161. The Bertz CT molecular complexity index is 1140. The predicted octanol–water partition coefficient (Wildman–Crippen LogP) is 11.3. The molecule has 302 valence electrons. The third-order valence-corrected chi connectivity index (χ3v) is 8.75. The molecule has 0 fully saturated rings. The van der Waals surface area contributed by atoms with E-state index in [0.29, 0.717) is 12.8 Å². The SMILES string of the molecule is CCC=CCC=CCC=CCC=CCCCCCCC(=O)O[C@H](COC(=O)CCCCC=CCC=CCC=CCCCCC)COP(=O)(O)OCCN. The number of esters is 2. The number of hydrogen-bond acceptors (Lipinski definition) is 8. The third kappa shape index (κ3) is 38.7. The minimum absolute atomic E-state index is 0.0390. The van der Waals surface area contributed by atoms with Crippen LogP contribution in [0.2, 0.25) is 0 Å². The van der Waals surface area contributed by atoms with Crippen LogP contribution in [-0.2, 0) is 32.7 Å². The lowest BCUT2D eigenvalue weighted by Crippen LogP contribution is -2.29. The van der Waals surface area contributed by atoms with Crippen LogP contribution in [0.25, 0.3) is 0 Å². The van der Waals surface area contributed by atoms with Gasteiger partial charge in [-0.2, -0.15) is 0 Å². The van der Waals surface area contributed by atoms with E-state index in [2.05, 4.69) is 98.9 Å².